The summed E-state index contributed by atoms with van der Waals surface area (Å²) >= 11 is 5.94. The molecule has 0 aliphatic rings. The lowest BCUT2D eigenvalue weighted by Crippen LogP contribution is -2.06. The number of ether oxygens (including phenoxy) is 1. The van der Waals surface area contributed by atoms with Crippen LogP contribution in [0.4, 0.5) is 5.69 Å². The second-order valence-electron chi connectivity index (χ2n) is 4.06. The number of halogens is 1. The number of nitrogen functional groups attached to an aromatic ring is 1. The van der Waals surface area contributed by atoms with Crippen molar-refractivity contribution in [2.75, 3.05) is 5.73 Å². The van der Waals surface area contributed by atoms with Crippen molar-refractivity contribution >= 4 is 17.3 Å². The highest BCUT2D eigenvalue weighted by Gasteiger charge is 2.05. The van der Waals surface area contributed by atoms with Gasteiger partial charge in [0, 0.05) is 12.6 Å². The maximum absolute atomic E-state index is 5.94. The van der Waals surface area contributed by atoms with Crippen LogP contribution in [0.25, 0.3) is 0 Å². The first-order valence-corrected chi connectivity index (χ1v) is 6.19. The molecule has 4 nitrogen and oxygen atoms in total. The zero-order chi connectivity index (χ0) is 13.1. The summed E-state index contributed by atoms with van der Waals surface area (Å²) in [7, 11) is 0. The number of benzene rings is 1. The van der Waals surface area contributed by atoms with Crippen molar-refractivity contribution in [3.63, 3.8) is 0 Å². The smallest absolute Gasteiger partial charge is 0.130 e. The summed E-state index contributed by atoms with van der Waals surface area (Å²) in [5.74, 6) is 0.704. The van der Waals surface area contributed by atoms with E-state index in [1.165, 1.54) is 0 Å². The van der Waals surface area contributed by atoms with Crippen molar-refractivity contribution in [3.05, 3.63) is 40.7 Å². The minimum atomic E-state index is 0.467. The molecule has 0 spiro atoms. The van der Waals surface area contributed by atoms with Gasteiger partial charge in [-0.3, -0.25) is 4.68 Å². The summed E-state index contributed by atoms with van der Waals surface area (Å²) in [6.45, 7) is 5.32. The number of aryl methyl sites for hydroxylation is 2. The first-order chi connectivity index (χ1) is 8.60. The molecule has 0 saturated carbocycles. The summed E-state index contributed by atoms with van der Waals surface area (Å²) < 4.78 is 7.61. The minimum Gasteiger partial charge on any atom is -0.487 e. The maximum Gasteiger partial charge on any atom is 0.130 e. The fourth-order valence-corrected chi connectivity index (χ4v) is 1.91. The van der Waals surface area contributed by atoms with Crippen LogP contribution in [-0.2, 0) is 13.2 Å². The monoisotopic (exact) mass is 265 g/mol. The first kappa shape index (κ1) is 12.8. The number of anilines is 1. The average molecular weight is 266 g/mol. The topological polar surface area (TPSA) is 53.1 Å². The molecule has 0 bridgehead atoms. The van der Waals surface area contributed by atoms with Gasteiger partial charge in [0.25, 0.3) is 0 Å². The molecule has 2 rings (SSSR count). The summed E-state index contributed by atoms with van der Waals surface area (Å²) in [5.41, 5.74) is 8.23. The second kappa shape index (κ2) is 5.31. The predicted molar refractivity (Wildman–Crippen MR) is 72.8 cm³/mol. The van der Waals surface area contributed by atoms with Crippen LogP contribution in [-0.4, -0.2) is 9.78 Å². The predicted octanol–water partition coefficient (Wildman–Crippen LogP) is 3.03. The third-order valence-corrected chi connectivity index (χ3v) is 2.97. The molecular formula is C13H16ClN3O. The Labute approximate surface area is 111 Å². The fourth-order valence-electron chi connectivity index (χ4n) is 1.74. The van der Waals surface area contributed by atoms with Crippen molar-refractivity contribution in [2.24, 2.45) is 0 Å². The van der Waals surface area contributed by atoms with Crippen LogP contribution in [0.5, 0.6) is 5.75 Å². The van der Waals surface area contributed by atoms with Crippen molar-refractivity contribution in [1.29, 1.82) is 0 Å². The van der Waals surface area contributed by atoms with E-state index in [1.807, 2.05) is 17.7 Å². The van der Waals surface area contributed by atoms with Crippen LogP contribution in [0.15, 0.2) is 24.3 Å². The Balaban J connectivity index is 2.08. The molecule has 2 aromatic rings. The lowest BCUT2D eigenvalue weighted by atomic mass is 10.3. The number of nitrogens with two attached hydrogens (primary N) is 1. The zero-order valence-corrected chi connectivity index (χ0v) is 11.2. The van der Waals surface area contributed by atoms with E-state index in [9.17, 15) is 0 Å². The summed E-state index contributed by atoms with van der Waals surface area (Å²) in [6, 6.07) is 7.28. The molecule has 96 valence electrons. The van der Waals surface area contributed by atoms with Gasteiger partial charge in [-0.2, -0.15) is 5.10 Å². The molecule has 1 aromatic carbocycles. The Morgan fingerprint density at radius 1 is 1.39 bits per heavy atom. The molecular weight excluding hydrogens is 250 g/mol. The lowest BCUT2D eigenvalue weighted by molar-refractivity contribution is 0.292. The molecule has 0 unspecified atom stereocenters. The molecule has 0 amide bonds. The Hall–Kier alpha value is -1.68. The van der Waals surface area contributed by atoms with Crippen molar-refractivity contribution in [2.45, 2.75) is 27.0 Å². The van der Waals surface area contributed by atoms with Crippen LogP contribution in [0.3, 0.4) is 0 Å². The molecule has 0 aliphatic carbocycles. The largest absolute Gasteiger partial charge is 0.487 e. The Kier molecular flexibility index (Phi) is 3.77. The van der Waals surface area contributed by atoms with Gasteiger partial charge >= 0.3 is 0 Å². The third-order valence-electron chi connectivity index (χ3n) is 2.64. The van der Waals surface area contributed by atoms with Crippen LogP contribution in [0.1, 0.15) is 18.3 Å². The lowest BCUT2D eigenvalue weighted by Gasteiger charge is -2.08. The molecule has 18 heavy (non-hydrogen) atoms. The molecule has 1 aromatic heterocycles. The van der Waals surface area contributed by atoms with Crippen molar-refractivity contribution in [1.82, 2.24) is 9.78 Å². The second-order valence-corrected chi connectivity index (χ2v) is 4.47. The average Bonchev–Trinajstić information content (AvgIpc) is 2.71. The SMILES string of the molecule is CCn1nc(C)cc1COc1ccc(N)c(Cl)c1. The molecule has 0 atom stereocenters. The number of hydrogen-bond acceptors (Lipinski definition) is 3. The highest BCUT2D eigenvalue weighted by Crippen LogP contribution is 2.24. The maximum atomic E-state index is 5.94. The number of nitrogens with zero attached hydrogens (tertiary/aromatic N) is 2. The van der Waals surface area contributed by atoms with Crippen LogP contribution >= 0.6 is 11.6 Å². The molecule has 0 aliphatic heterocycles. The van der Waals surface area contributed by atoms with E-state index in [1.54, 1.807) is 18.2 Å². The van der Waals surface area contributed by atoms with Gasteiger partial charge in [0.2, 0.25) is 0 Å². The standard InChI is InChI=1S/C13H16ClN3O/c1-3-17-10(6-9(2)16-17)8-18-11-4-5-13(15)12(14)7-11/h4-7H,3,8,15H2,1-2H3. The van der Waals surface area contributed by atoms with Gasteiger partial charge in [-0.25, -0.2) is 0 Å². The van der Waals surface area contributed by atoms with Crippen molar-refractivity contribution < 1.29 is 4.74 Å². The van der Waals surface area contributed by atoms with Crippen molar-refractivity contribution in [3.8, 4) is 5.75 Å². The Morgan fingerprint density at radius 3 is 2.83 bits per heavy atom. The Bertz CT molecular complexity index is 551. The van der Waals surface area contributed by atoms with Gasteiger partial charge in [0.15, 0.2) is 0 Å². The quantitative estimate of drug-likeness (QED) is 0.865. The minimum absolute atomic E-state index is 0.467. The third kappa shape index (κ3) is 2.76. The van der Waals surface area contributed by atoms with Gasteiger partial charge in [-0.1, -0.05) is 11.6 Å². The van der Waals surface area contributed by atoms with E-state index >= 15 is 0 Å². The van der Waals surface area contributed by atoms with Gasteiger partial charge < -0.3 is 10.5 Å². The Morgan fingerprint density at radius 2 is 2.17 bits per heavy atom. The molecule has 1 heterocycles. The van der Waals surface area contributed by atoms with E-state index in [4.69, 9.17) is 22.1 Å². The number of rotatable bonds is 4. The summed E-state index contributed by atoms with van der Waals surface area (Å²) in [6.07, 6.45) is 0. The fraction of sp³-hybridized carbons (Fsp3) is 0.308. The van der Waals surface area contributed by atoms with E-state index in [2.05, 4.69) is 12.0 Å². The van der Waals surface area contributed by atoms with Gasteiger partial charge in [0.1, 0.15) is 12.4 Å². The highest BCUT2D eigenvalue weighted by atomic mass is 35.5. The first-order valence-electron chi connectivity index (χ1n) is 5.81. The number of aromatic nitrogens is 2. The van der Waals surface area contributed by atoms with Gasteiger partial charge in [-0.15, -0.1) is 0 Å². The van der Waals surface area contributed by atoms with Crippen LogP contribution in [0, 0.1) is 6.92 Å². The van der Waals surface area contributed by atoms with Gasteiger partial charge in [-0.05, 0) is 32.0 Å². The van der Waals surface area contributed by atoms with E-state index in [0.717, 1.165) is 17.9 Å². The zero-order valence-electron chi connectivity index (χ0n) is 10.5. The molecule has 0 saturated heterocycles. The van der Waals surface area contributed by atoms with Crippen LogP contribution < -0.4 is 10.5 Å². The summed E-state index contributed by atoms with van der Waals surface area (Å²) in [4.78, 5) is 0. The van der Waals surface area contributed by atoms with E-state index in [-0.39, 0.29) is 0 Å². The van der Waals surface area contributed by atoms with Crippen LogP contribution in [0.2, 0.25) is 5.02 Å². The number of hydrogen-bond donors (Lipinski definition) is 1. The highest BCUT2D eigenvalue weighted by molar-refractivity contribution is 6.33. The van der Waals surface area contributed by atoms with E-state index < -0.39 is 0 Å². The molecule has 0 fully saturated rings. The molecule has 2 N–H and O–H groups in total. The summed E-state index contributed by atoms with van der Waals surface area (Å²) in [5, 5.41) is 4.87. The molecule has 5 heteroatoms. The normalized spacial score (nSPS) is 10.6. The van der Waals surface area contributed by atoms with Gasteiger partial charge in [0.05, 0.1) is 22.1 Å². The molecule has 0 radical (unpaired) electrons. The van der Waals surface area contributed by atoms with E-state index in [0.29, 0.717) is 23.1 Å².